The average molecular weight is 618 g/mol. The fourth-order valence-corrected chi connectivity index (χ4v) is 8.33. The van der Waals surface area contributed by atoms with Crippen LogP contribution in [0, 0.1) is 0 Å². The van der Waals surface area contributed by atoms with Gasteiger partial charge in [-0.1, -0.05) is 135 Å². The molecule has 0 fully saturated rings. The van der Waals surface area contributed by atoms with Gasteiger partial charge in [0.2, 0.25) is 0 Å². The first-order valence-corrected chi connectivity index (χ1v) is 17.4. The third-order valence-electron chi connectivity index (χ3n) is 10.8. The maximum Gasteiger partial charge on any atom is 0.0546 e. The molecular formula is C47H39N. The third-order valence-corrected chi connectivity index (χ3v) is 10.8. The van der Waals surface area contributed by atoms with Gasteiger partial charge in [0, 0.05) is 22.4 Å². The lowest BCUT2D eigenvalue weighted by Crippen LogP contribution is -2.17. The molecule has 0 aromatic heterocycles. The Bertz CT molecular complexity index is 2310. The van der Waals surface area contributed by atoms with Crippen LogP contribution in [0.2, 0.25) is 0 Å². The molecule has 9 rings (SSSR count). The lowest BCUT2D eigenvalue weighted by Gasteiger charge is -2.30. The van der Waals surface area contributed by atoms with Crippen LogP contribution in [0.4, 0.5) is 17.1 Å². The summed E-state index contributed by atoms with van der Waals surface area (Å²) in [5.41, 5.74) is 16.9. The molecule has 1 nitrogen and oxygen atoms in total. The van der Waals surface area contributed by atoms with Gasteiger partial charge in [0.05, 0.1) is 5.69 Å². The molecule has 2 aliphatic rings. The molecule has 0 saturated carbocycles. The predicted molar refractivity (Wildman–Crippen MR) is 204 cm³/mol. The summed E-state index contributed by atoms with van der Waals surface area (Å²) >= 11 is 0. The Morgan fingerprint density at radius 3 is 2.02 bits per heavy atom. The van der Waals surface area contributed by atoms with E-state index in [4.69, 9.17) is 0 Å². The fourth-order valence-electron chi connectivity index (χ4n) is 8.33. The maximum absolute atomic E-state index is 2.48. The summed E-state index contributed by atoms with van der Waals surface area (Å²) in [4.78, 5) is 2.48. The average Bonchev–Trinajstić information content (AvgIpc) is 3.37. The van der Waals surface area contributed by atoms with Crippen molar-refractivity contribution >= 4 is 27.8 Å². The highest BCUT2D eigenvalue weighted by Crippen LogP contribution is 2.51. The molecule has 0 aliphatic heterocycles. The number of aryl methyl sites for hydroxylation is 2. The predicted octanol–water partition coefficient (Wildman–Crippen LogP) is 12.8. The summed E-state index contributed by atoms with van der Waals surface area (Å²) in [5.74, 6) is 0. The van der Waals surface area contributed by atoms with Crippen LogP contribution in [0.15, 0.2) is 152 Å². The number of benzene rings is 7. The van der Waals surface area contributed by atoms with Gasteiger partial charge in [-0.3, -0.25) is 0 Å². The minimum Gasteiger partial charge on any atom is -0.310 e. The Balaban J connectivity index is 1.24. The summed E-state index contributed by atoms with van der Waals surface area (Å²) in [6.07, 6.45) is 5.00. The smallest absolute Gasteiger partial charge is 0.0546 e. The highest BCUT2D eigenvalue weighted by Gasteiger charge is 2.36. The van der Waals surface area contributed by atoms with Crippen molar-refractivity contribution in [1.82, 2.24) is 0 Å². The second kappa shape index (κ2) is 11.4. The molecule has 0 radical (unpaired) electrons. The van der Waals surface area contributed by atoms with Crippen molar-refractivity contribution in [2.75, 3.05) is 4.90 Å². The Morgan fingerprint density at radius 1 is 0.479 bits per heavy atom. The molecule has 0 amide bonds. The number of hydrogen-bond donors (Lipinski definition) is 0. The van der Waals surface area contributed by atoms with E-state index in [0.717, 1.165) is 5.69 Å². The number of rotatable bonds is 5. The van der Waals surface area contributed by atoms with E-state index in [-0.39, 0.29) is 5.41 Å². The molecule has 7 aromatic rings. The van der Waals surface area contributed by atoms with Gasteiger partial charge in [0.15, 0.2) is 0 Å². The van der Waals surface area contributed by atoms with Crippen molar-refractivity contribution in [3.8, 4) is 33.4 Å². The summed E-state index contributed by atoms with van der Waals surface area (Å²) in [7, 11) is 0. The molecular weight excluding hydrogens is 579 g/mol. The van der Waals surface area contributed by atoms with E-state index in [9.17, 15) is 0 Å². The summed E-state index contributed by atoms with van der Waals surface area (Å²) in [6, 6.07) is 56.6. The second-order valence-corrected chi connectivity index (χ2v) is 14.0. The van der Waals surface area contributed by atoms with Gasteiger partial charge in [-0.2, -0.15) is 0 Å². The summed E-state index contributed by atoms with van der Waals surface area (Å²) in [5, 5.41) is 2.50. The molecule has 48 heavy (non-hydrogen) atoms. The van der Waals surface area contributed by atoms with Crippen molar-refractivity contribution < 1.29 is 0 Å². The Hall–Kier alpha value is -5.40. The molecule has 0 bridgehead atoms. The second-order valence-electron chi connectivity index (χ2n) is 14.0. The van der Waals surface area contributed by atoms with E-state index in [2.05, 4.69) is 170 Å². The molecule has 1 heteroatoms. The van der Waals surface area contributed by atoms with E-state index in [0.29, 0.717) is 0 Å². The van der Waals surface area contributed by atoms with Gasteiger partial charge in [-0.15, -0.1) is 0 Å². The molecule has 0 unspecified atom stereocenters. The third kappa shape index (κ3) is 4.68. The van der Waals surface area contributed by atoms with Crippen LogP contribution in [0.5, 0.6) is 0 Å². The molecule has 2 aliphatic carbocycles. The Labute approximate surface area is 284 Å². The van der Waals surface area contributed by atoms with E-state index in [1.165, 1.54) is 103 Å². The van der Waals surface area contributed by atoms with Gasteiger partial charge in [-0.05, 0) is 117 Å². The summed E-state index contributed by atoms with van der Waals surface area (Å²) in [6.45, 7) is 4.73. The van der Waals surface area contributed by atoms with E-state index in [1.807, 2.05) is 0 Å². The minimum atomic E-state index is -0.0877. The van der Waals surface area contributed by atoms with Gasteiger partial charge in [0.25, 0.3) is 0 Å². The Morgan fingerprint density at radius 2 is 1.17 bits per heavy atom. The molecule has 0 spiro atoms. The first-order chi connectivity index (χ1) is 23.6. The highest BCUT2D eigenvalue weighted by atomic mass is 15.1. The van der Waals surface area contributed by atoms with Crippen molar-refractivity contribution in [2.45, 2.75) is 44.9 Å². The first-order valence-electron chi connectivity index (χ1n) is 17.4. The number of nitrogens with zero attached hydrogens (tertiary/aromatic N) is 1. The molecule has 0 atom stereocenters. The zero-order valence-corrected chi connectivity index (χ0v) is 27.7. The first kappa shape index (κ1) is 28.8. The number of hydrogen-bond acceptors (Lipinski definition) is 1. The summed E-state index contributed by atoms with van der Waals surface area (Å²) < 4.78 is 0. The van der Waals surface area contributed by atoms with E-state index < -0.39 is 0 Å². The quantitative estimate of drug-likeness (QED) is 0.186. The molecule has 0 N–H and O–H groups in total. The normalized spacial score (nSPS) is 14.3. The largest absolute Gasteiger partial charge is 0.310 e. The van der Waals surface area contributed by atoms with Crippen LogP contribution in [0.1, 0.15) is 48.9 Å². The Kier molecular flexibility index (Phi) is 6.83. The lowest BCUT2D eigenvalue weighted by molar-refractivity contribution is 0.660. The highest BCUT2D eigenvalue weighted by molar-refractivity contribution is 6.05. The van der Waals surface area contributed by atoms with Crippen LogP contribution in [-0.2, 0) is 18.3 Å². The van der Waals surface area contributed by atoms with Crippen LogP contribution >= 0.6 is 0 Å². The SMILES string of the molecule is CC1(C)c2ccccc2-c2ccc(N(c3ccc(-c4ccc5c(c4)CCCC5)cc3)c3ccc4ccccc4c3-c3ccccc3)cc21. The molecule has 0 heterocycles. The molecule has 0 saturated heterocycles. The van der Waals surface area contributed by atoms with Crippen molar-refractivity contribution in [2.24, 2.45) is 0 Å². The zero-order valence-electron chi connectivity index (χ0n) is 27.7. The fraction of sp³-hybridized carbons (Fsp3) is 0.149. The number of anilines is 3. The van der Waals surface area contributed by atoms with Gasteiger partial charge in [0.1, 0.15) is 0 Å². The van der Waals surface area contributed by atoms with E-state index in [1.54, 1.807) is 0 Å². The van der Waals surface area contributed by atoms with Crippen molar-refractivity contribution in [3.05, 3.63) is 174 Å². The zero-order chi connectivity index (χ0) is 32.2. The van der Waals surface area contributed by atoms with E-state index >= 15 is 0 Å². The van der Waals surface area contributed by atoms with Crippen LogP contribution in [-0.4, -0.2) is 0 Å². The van der Waals surface area contributed by atoms with Crippen LogP contribution in [0.3, 0.4) is 0 Å². The van der Waals surface area contributed by atoms with Crippen LogP contribution < -0.4 is 4.90 Å². The van der Waals surface area contributed by atoms with Crippen molar-refractivity contribution in [1.29, 1.82) is 0 Å². The van der Waals surface area contributed by atoms with Crippen LogP contribution in [0.25, 0.3) is 44.2 Å². The standard InChI is InChI=1S/C47H39N/c1-47(2)43-19-11-10-18-41(43)42-28-27-39(31-44(42)47)48(38-25-22-33(23-26-38)37-21-20-32-12-6-7-16-36(32)30-37)45-29-24-34-13-8-9-17-40(34)46(45)35-14-4-3-5-15-35/h3-5,8-11,13-15,17-31H,6-7,12,16H2,1-2H3. The lowest BCUT2D eigenvalue weighted by atomic mass is 9.82. The topological polar surface area (TPSA) is 3.24 Å². The monoisotopic (exact) mass is 617 g/mol. The van der Waals surface area contributed by atoms with Crippen molar-refractivity contribution in [3.63, 3.8) is 0 Å². The minimum absolute atomic E-state index is 0.0877. The molecule has 7 aromatic carbocycles. The maximum atomic E-state index is 2.48. The van der Waals surface area contributed by atoms with Gasteiger partial charge in [-0.25, -0.2) is 0 Å². The molecule has 232 valence electrons. The van der Waals surface area contributed by atoms with Gasteiger partial charge >= 0.3 is 0 Å². The number of fused-ring (bicyclic) bond motifs is 5. The van der Waals surface area contributed by atoms with Gasteiger partial charge < -0.3 is 4.90 Å².